The molecule has 0 spiro atoms. The first kappa shape index (κ1) is 13.8. The van der Waals surface area contributed by atoms with Gasteiger partial charge in [0, 0.05) is 12.6 Å². The van der Waals surface area contributed by atoms with Crippen molar-refractivity contribution in [3.8, 4) is 0 Å². The molecule has 0 bridgehead atoms. The number of nitrogens with one attached hydrogen (secondary N) is 2. The van der Waals surface area contributed by atoms with Crippen LogP contribution in [0.15, 0.2) is 0 Å². The van der Waals surface area contributed by atoms with Crippen molar-refractivity contribution in [2.45, 2.75) is 64.6 Å². The van der Waals surface area contributed by atoms with Gasteiger partial charge in [-0.15, -0.1) is 0 Å². The van der Waals surface area contributed by atoms with E-state index in [9.17, 15) is 4.79 Å². The second-order valence-electron chi connectivity index (χ2n) is 6.23. The highest BCUT2D eigenvalue weighted by Gasteiger charge is 2.39. The van der Waals surface area contributed by atoms with Crippen LogP contribution in [0.4, 0.5) is 0 Å². The number of carbonyl (C=O) groups excluding carboxylic acids is 1. The first-order valence-electron chi connectivity index (χ1n) is 7.18. The summed E-state index contributed by atoms with van der Waals surface area (Å²) in [6.45, 7) is 8.08. The monoisotopic (exact) mass is 254 g/mol. The van der Waals surface area contributed by atoms with E-state index in [0.29, 0.717) is 12.1 Å². The Labute approximate surface area is 110 Å². The molecule has 2 N–H and O–H groups in total. The van der Waals surface area contributed by atoms with Gasteiger partial charge in [-0.05, 0) is 44.6 Å². The van der Waals surface area contributed by atoms with Crippen LogP contribution in [0.25, 0.3) is 0 Å². The van der Waals surface area contributed by atoms with Gasteiger partial charge in [-0.1, -0.05) is 13.8 Å². The molecule has 1 heterocycles. The normalized spacial score (nSPS) is 34.7. The van der Waals surface area contributed by atoms with Crippen molar-refractivity contribution < 1.29 is 9.53 Å². The Bertz CT molecular complexity index is 298. The predicted molar refractivity (Wildman–Crippen MR) is 71.4 cm³/mol. The lowest BCUT2D eigenvalue weighted by atomic mass is 9.76. The summed E-state index contributed by atoms with van der Waals surface area (Å²) in [5.41, 5.74) is 0.0609. The van der Waals surface area contributed by atoms with Crippen LogP contribution in [0.1, 0.15) is 46.5 Å². The quantitative estimate of drug-likeness (QED) is 0.798. The SMILES string of the molecule is CCOC1CC(NC(=O)C2NCCCC2(C)C)C1. The molecule has 2 aliphatic rings. The van der Waals surface area contributed by atoms with Gasteiger partial charge in [-0.3, -0.25) is 4.79 Å². The van der Waals surface area contributed by atoms with Crippen LogP contribution in [0.5, 0.6) is 0 Å². The molecule has 1 amide bonds. The highest BCUT2D eigenvalue weighted by atomic mass is 16.5. The fourth-order valence-electron chi connectivity index (χ4n) is 3.00. The van der Waals surface area contributed by atoms with Gasteiger partial charge in [0.1, 0.15) is 0 Å². The van der Waals surface area contributed by atoms with Crippen LogP contribution in [0.3, 0.4) is 0 Å². The lowest BCUT2D eigenvalue weighted by molar-refractivity contribution is -0.129. The van der Waals surface area contributed by atoms with E-state index < -0.39 is 0 Å². The number of hydrogen-bond donors (Lipinski definition) is 2. The van der Waals surface area contributed by atoms with Gasteiger partial charge in [-0.2, -0.15) is 0 Å². The van der Waals surface area contributed by atoms with Gasteiger partial charge < -0.3 is 15.4 Å². The minimum absolute atomic E-state index is 0.0441. The third kappa shape index (κ3) is 3.04. The fourth-order valence-corrected chi connectivity index (χ4v) is 3.00. The summed E-state index contributed by atoms with van der Waals surface area (Å²) in [6.07, 6.45) is 4.56. The van der Waals surface area contributed by atoms with Gasteiger partial charge in [0.05, 0.1) is 12.1 Å². The van der Waals surface area contributed by atoms with E-state index in [0.717, 1.165) is 38.8 Å². The molecule has 18 heavy (non-hydrogen) atoms. The molecule has 4 nitrogen and oxygen atoms in total. The lowest BCUT2D eigenvalue weighted by Gasteiger charge is -2.41. The molecular weight excluding hydrogens is 228 g/mol. The number of piperidine rings is 1. The summed E-state index contributed by atoms with van der Waals surface area (Å²) < 4.78 is 5.51. The van der Waals surface area contributed by atoms with Crippen molar-refractivity contribution in [2.75, 3.05) is 13.2 Å². The maximum Gasteiger partial charge on any atom is 0.237 e. The van der Waals surface area contributed by atoms with Crippen molar-refractivity contribution >= 4 is 5.91 Å². The molecule has 1 unspecified atom stereocenters. The highest BCUT2D eigenvalue weighted by Crippen LogP contribution is 2.31. The van der Waals surface area contributed by atoms with E-state index in [1.54, 1.807) is 0 Å². The maximum atomic E-state index is 12.3. The Hall–Kier alpha value is -0.610. The molecule has 0 aromatic carbocycles. The fraction of sp³-hybridized carbons (Fsp3) is 0.929. The number of amides is 1. The van der Waals surface area contributed by atoms with Crippen molar-refractivity contribution in [2.24, 2.45) is 5.41 Å². The summed E-state index contributed by atoms with van der Waals surface area (Å²) >= 11 is 0. The number of rotatable bonds is 4. The molecule has 1 saturated heterocycles. The van der Waals surface area contributed by atoms with Crippen molar-refractivity contribution in [1.29, 1.82) is 0 Å². The minimum atomic E-state index is -0.0441. The van der Waals surface area contributed by atoms with Crippen molar-refractivity contribution in [3.63, 3.8) is 0 Å². The van der Waals surface area contributed by atoms with Crippen LogP contribution >= 0.6 is 0 Å². The lowest BCUT2D eigenvalue weighted by Crippen LogP contribution is -2.59. The van der Waals surface area contributed by atoms with E-state index in [1.165, 1.54) is 0 Å². The number of carbonyl (C=O) groups is 1. The molecule has 0 radical (unpaired) electrons. The van der Waals surface area contributed by atoms with Gasteiger partial charge in [0.15, 0.2) is 0 Å². The Morgan fingerprint density at radius 2 is 2.17 bits per heavy atom. The zero-order valence-electron chi connectivity index (χ0n) is 11.8. The standard InChI is InChI=1S/C14H26N2O2/c1-4-18-11-8-10(9-11)16-13(17)12-14(2,3)6-5-7-15-12/h10-12,15H,4-9H2,1-3H3,(H,16,17). The molecule has 1 aliphatic heterocycles. The summed E-state index contributed by atoms with van der Waals surface area (Å²) in [7, 11) is 0. The van der Waals surface area contributed by atoms with Crippen LogP contribution in [0.2, 0.25) is 0 Å². The Morgan fingerprint density at radius 3 is 2.78 bits per heavy atom. The van der Waals surface area contributed by atoms with Gasteiger partial charge in [0.25, 0.3) is 0 Å². The molecule has 1 saturated carbocycles. The van der Waals surface area contributed by atoms with Crippen LogP contribution in [0, 0.1) is 5.41 Å². The smallest absolute Gasteiger partial charge is 0.237 e. The zero-order valence-corrected chi connectivity index (χ0v) is 11.8. The Balaban J connectivity index is 1.78. The van der Waals surface area contributed by atoms with E-state index in [2.05, 4.69) is 24.5 Å². The molecule has 104 valence electrons. The van der Waals surface area contributed by atoms with Crippen LogP contribution in [-0.4, -0.2) is 37.2 Å². The average Bonchev–Trinajstić information content (AvgIpc) is 2.25. The number of ether oxygens (including phenoxy) is 1. The first-order valence-corrected chi connectivity index (χ1v) is 7.18. The van der Waals surface area contributed by atoms with E-state index >= 15 is 0 Å². The average molecular weight is 254 g/mol. The second-order valence-corrected chi connectivity index (χ2v) is 6.23. The molecule has 4 heteroatoms. The largest absolute Gasteiger partial charge is 0.378 e. The summed E-state index contributed by atoms with van der Waals surface area (Å²) in [5, 5.41) is 6.50. The van der Waals surface area contributed by atoms with E-state index in [-0.39, 0.29) is 17.4 Å². The highest BCUT2D eigenvalue weighted by molar-refractivity contribution is 5.83. The molecule has 0 aromatic rings. The molecule has 0 aromatic heterocycles. The Morgan fingerprint density at radius 1 is 1.44 bits per heavy atom. The van der Waals surface area contributed by atoms with Crippen LogP contribution < -0.4 is 10.6 Å². The topological polar surface area (TPSA) is 50.4 Å². The van der Waals surface area contributed by atoms with Gasteiger partial charge in [0.2, 0.25) is 5.91 Å². The molecule has 1 aliphatic carbocycles. The molecule has 2 rings (SSSR count). The summed E-state index contributed by atoms with van der Waals surface area (Å²) in [6, 6.07) is 0.269. The van der Waals surface area contributed by atoms with Crippen LogP contribution in [-0.2, 0) is 9.53 Å². The molecule has 1 atom stereocenters. The second kappa shape index (κ2) is 5.57. The molecular formula is C14H26N2O2. The Kier molecular flexibility index (Phi) is 4.28. The predicted octanol–water partition coefficient (Wildman–Crippen LogP) is 1.45. The van der Waals surface area contributed by atoms with Gasteiger partial charge in [-0.25, -0.2) is 0 Å². The van der Waals surface area contributed by atoms with Crippen molar-refractivity contribution in [3.05, 3.63) is 0 Å². The number of hydrogen-bond acceptors (Lipinski definition) is 3. The third-order valence-corrected chi connectivity index (χ3v) is 4.23. The maximum absolute atomic E-state index is 12.3. The van der Waals surface area contributed by atoms with E-state index in [4.69, 9.17) is 4.74 Å². The molecule has 2 fully saturated rings. The zero-order chi connectivity index (χ0) is 13.2. The first-order chi connectivity index (χ1) is 8.53. The van der Waals surface area contributed by atoms with Crippen molar-refractivity contribution in [1.82, 2.24) is 10.6 Å². The third-order valence-electron chi connectivity index (χ3n) is 4.23. The summed E-state index contributed by atoms with van der Waals surface area (Å²) in [4.78, 5) is 12.3. The van der Waals surface area contributed by atoms with E-state index in [1.807, 2.05) is 6.92 Å². The summed E-state index contributed by atoms with van der Waals surface area (Å²) in [5.74, 6) is 0.166. The minimum Gasteiger partial charge on any atom is -0.378 e. The van der Waals surface area contributed by atoms with Gasteiger partial charge >= 0.3 is 0 Å².